The highest BCUT2D eigenvalue weighted by Gasteiger charge is 2.62. The zero-order valence-electron chi connectivity index (χ0n) is 10.7. The Bertz CT molecular complexity index is 642. The summed E-state index contributed by atoms with van der Waals surface area (Å²) in [5, 5.41) is 9.22. The molecule has 1 N–H and O–H groups in total. The number of benzene rings is 1. The zero-order chi connectivity index (χ0) is 13.1. The van der Waals surface area contributed by atoms with Crippen molar-refractivity contribution >= 4 is 17.0 Å². The van der Waals surface area contributed by atoms with E-state index in [1.54, 1.807) is 6.33 Å². The number of carbonyl (C=O) groups is 1. The van der Waals surface area contributed by atoms with Gasteiger partial charge in [-0.05, 0) is 23.1 Å². The quantitative estimate of drug-likeness (QED) is 0.882. The Morgan fingerprint density at radius 1 is 1.44 bits per heavy atom. The molecule has 0 amide bonds. The van der Waals surface area contributed by atoms with Gasteiger partial charge >= 0.3 is 5.97 Å². The maximum Gasteiger partial charge on any atom is 0.307 e. The molecule has 2 unspecified atom stereocenters. The summed E-state index contributed by atoms with van der Waals surface area (Å²) in [5.74, 6) is -0.883. The normalized spacial score (nSPS) is 25.3. The lowest BCUT2D eigenvalue weighted by Crippen LogP contribution is -2.03. The molecule has 1 saturated carbocycles. The molecule has 1 aliphatic rings. The lowest BCUT2D eigenvalue weighted by atomic mass is 10.0. The molecule has 0 saturated heterocycles. The van der Waals surface area contributed by atoms with Crippen molar-refractivity contribution in [2.24, 2.45) is 18.4 Å². The van der Waals surface area contributed by atoms with E-state index in [4.69, 9.17) is 0 Å². The summed E-state index contributed by atoms with van der Waals surface area (Å²) in [6, 6.07) is 6.06. The van der Waals surface area contributed by atoms with E-state index >= 15 is 0 Å². The number of aryl methyl sites for hydroxylation is 1. The van der Waals surface area contributed by atoms with E-state index in [9.17, 15) is 9.90 Å². The Morgan fingerprint density at radius 3 is 2.78 bits per heavy atom. The van der Waals surface area contributed by atoms with Gasteiger partial charge in [-0.15, -0.1) is 0 Å². The van der Waals surface area contributed by atoms with Gasteiger partial charge < -0.3 is 9.67 Å². The topological polar surface area (TPSA) is 55.1 Å². The van der Waals surface area contributed by atoms with E-state index < -0.39 is 5.97 Å². The monoisotopic (exact) mass is 244 g/mol. The van der Waals surface area contributed by atoms with Crippen LogP contribution in [0, 0.1) is 11.3 Å². The first-order valence-electron chi connectivity index (χ1n) is 6.06. The Kier molecular flexibility index (Phi) is 2.09. The van der Waals surface area contributed by atoms with Gasteiger partial charge in [0.1, 0.15) is 0 Å². The molecule has 1 fully saturated rings. The van der Waals surface area contributed by atoms with Gasteiger partial charge in [-0.25, -0.2) is 4.98 Å². The number of aromatic nitrogens is 2. The molecule has 1 aromatic carbocycles. The maximum absolute atomic E-state index is 11.2. The molecular weight excluding hydrogens is 228 g/mol. The molecule has 0 bridgehead atoms. The maximum atomic E-state index is 11.2. The van der Waals surface area contributed by atoms with Crippen LogP contribution in [0.25, 0.3) is 11.0 Å². The number of hydrogen-bond acceptors (Lipinski definition) is 2. The Hall–Kier alpha value is -1.84. The summed E-state index contributed by atoms with van der Waals surface area (Å²) in [6.07, 6.45) is 1.78. The van der Waals surface area contributed by atoms with Gasteiger partial charge in [-0.2, -0.15) is 0 Å². The second-order valence-electron chi connectivity index (χ2n) is 5.72. The van der Waals surface area contributed by atoms with Gasteiger partial charge in [0.15, 0.2) is 0 Å². The Balaban J connectivity index is 2.04. The molecule has 1 heterocycles. The fourth-order valence-electron chi connectivity index (χ4n) is 3.07. The van der Waals surface area contributed by atoms with Crippen LogP contribution < -0.4 is 0 Å². The van der Waals surface area contributed by atoms with Crippen LogP contribution in [-0.4, -0.2) is 20.6 Å². The van der Waals surface area contributed by atoms with E-state index in [2.05, 4.69) is 4.98 Å². The highest BCUT2D eigenvalue weighted by Crippen LogP contribution is 2.64. The van der Waals surface area contributed by atoms with Crippen LogP contribution in [0.3, 0.4) is 0 Å². The average molecular weight is 244 g/mol. The molecule has 0 aliphatic heterocycles. The zero-order valence-corrected chi connectivity index (χ0v) is 10.7. The van der Waals surface area contributed by atoms with E-state index in [1.807, 2.05) is 43.7 Å². The minimum Gasteiger partial charge on any atom is -0.481 e. The summed E-state index contributed by atoms with van der Waals surface area (Å²) in [5.41, 5.74) is 2.93. The summed E-state index contributed by atoms with van der Waals surface area (Å²) in [4.78, 5) is 15.5. The predicted octanol–water partition coefficient (Wildman–Crippen LogP) is 2.40. The van der Waals surface area contributed by atoms with Crippen molar-refractivity contribution in [2.45, 2.75) is 19.8 Å². The van der Waals surface area contributed by atoms with Crippen molar-refractivity contribution in [3.63, 3.8) is 0 Å². The van der Waals surface area contributed by atoms with Crippen LogP contribution in [-0.2, 0) is 11.8 Å². The average Bonchev–Trinajstić information content (AvgIpc) is 2.70. The fraction of sp³-hybridized carbons (Fsp3) is 0.429. The Labute approximate surface area is 105 Å². The SMILES string of the molecule is Cn1cnc2cc(C3C(C(=O)O)C3(C)C)ccc21. The number of fused-ring (bicyclic) bond motifs is 1. The van der Waals surface area contributed by atoms with E-state index in [1.165, 1.54) is 0 Å². The number of rotatable bonds is 2. The predicted molar refractivity (Wildman–Crippen MR) is 68.4 cm³/mol. The van der Waals surface area contributed by atoms with Crippen LogP contribution in [0.5, 0.6) is 0 Å². The number of aliphatic carboxylic acids is 1. The number of imidazole rings is 1. The third kappa shape index (κ3) is 1.38. The smallest absolute Gasteiger partial charge is 0.307 e. The lowest BCUT2D eigenvalue weighted by Gasteiger charge is -2.03. The van der Waals surface area contributed by atoms with Crippen LogP contribution >= 0.6 is 0 Å². The van der Waals surface area contributed by atoms with Gasteiger partial charge in [0, 0.05) is 13.0 Å². The van der Waals surface area contributed by atoms with Crippen LogP contribution in [0.2, 0.25) is 0 Å². The van der Waals surface area contributed by atoms with E-state index in [0.717, 1.165) is 16.6 Å². The van der Waals surface area contributed by atoms with Crippen LogP contribution in [0.4, 0.5) is 0 Å². The number of nitrogens with zero attached hydrogens (tertiary/aromatic N) is 2. The van der Waals surface area contributed by atoms with Gasteiger partial charge in [-0.3, -0.25) is 4.79 Å². The highest BCUT2D eigenvalue weighted by atomic mass is 16.4. The molecule has 18 heavy (non-hydrogen) atoms. The molecule has 3 rings (SSSR count). The van der Waals surface area contributed by atoms with Gasteiger partial charge in [0.05, 0.1) is 23.3 Å². The van der Waals surface area contributed by atoms with E-state index in [-0.39, 0.29) is 17.3 Å². The highest BCUT2D eigenvalue weighted by molar-refractivity contribution is 5.80. The van der Waals surface area contributed by atoms with Crippen molar-refractivity contribution in [2.75, 3.05) is 0 Å². The summed E-state index contributed by atoms with van der Waals surface area (Å²) < 4.78 is 1.96. The van der Waals surface area contributed by atoms with Gasteiger partial charge in [0.2, 0.25) is 0 Å². The second kappa shape index (κ2) is 3.34. The summed E-state index contributed by atoms with van der Waals surface area (Å²) in [6.45, 7) is 4.03. The second-order valence-corrected chi connectivity index (χ2v) is 5.72. The molecule has 0 radical (unpaired) electrons. The molecule has 4 nitrogen and oxygen atoms in total. The van der Waals surface area contributed by atoms with Gasteiger partial charge in [0.25, 0.3) is 0 Å². The molecule has 2 aromatic rings. The summed E-state index contributed by atoms with van der Waals surface area (Å²) >= 11 is 0. The molecule has 2 atom stereocenters. The van der Waals surface area contributed by atoms with Crippen LogP contribution in [0.15, 0.2) is 24.5 Å². The largest absolute Gasteiger partial charge is 0.481 e. The third-order valence-corrected chi connectivity index (χ3v) is 4.20. The molecule has 0 spiro atoms. The molecule has 1 aliphatic carbocycles. The minimum absolute atomic E-state index is 0.0985. The fourth-order valence-corrected chi connectivity index (χ4v) is 3.07. The molecule has 4 heteroatoms. The molecular formula is C14H16N2O2. The number of carboxylic acid groups (broad SMARTS) is 1. The first-order valence-corrected chi connectivity index (χ1v) is 6.06. The first-order chi connectivity index (χ1) is 8.43. The van der Waals surface area contributed by atoms with Crippen molar-refractivity contribution in [1.82, 2.24) is 9.55 Å². The van der Waals surface area contributed by atoms with Crippen molar-refractivity contribution in [3.05, 3.63) is 30.1 Å². The molecule has 94 valence electrons. The lowest BCUT2D eigenvalue weighted by molar-refractivity contribution is -0.139. The first kappa shape index (κ1) is 11.3. The van der Waals surface area contributed by atoms with Crippen LogP contribution in [0.1, 0.15) is 25.3 Å². The van der Waals surface area contributed by atoms with Crippen molar-refractivity contribution < 1.29 is 9.90 Å². The summed E-state index contributed by atoms with van der Waals surface area (Å²) in [7, 11) is 1.95. The standard InChI is InChI=1S/C14H16N2O2/c1-14(2)11(12(14)13(17)18)8-4-5-10-9(6-8)15-7-16(10)3/h4-7,11-12H,1-3H3,(H,17,18). The van der Waals surface area contributed by atoms with Crippen molar-refractivity contribution in [1.29, 1.82) is 0 Å². The number of carboxylic acids is 1. The van der Waals surface area contributed by atoms with E-state index in [0.29, 0.717) is 0 Å². The minimum atomic E-state index is -0.703. The number of hydrogen-bond donors (Lipinski definition) is 1. The van der Waals surface area contributed by atoms with Gasteiger partial charge in [-0.1, -0.05) is 19.9 Å². The molecule has 1 aromatic heterocycles. The van der Waals surface area contributed by atoms with Crippen molar-refractivity contribution in [3.8, 4) is 0 Å². The Morgan fingerprint density at radius 2 is 2.17 bits per heavy atom. The third-order valence-electron chi connectivity index (χ3n) is 4.20.